The normalized spacial score (nSPS) is 16.5. The molecule has 0 spiro atoms. The minimum absolute atomic E-state index is 0.0914. The van der Waals surface area contributed by atoms with Crippen molar-refractivity contribution in [2.24, 2.45) is 0 Å². The number of carbonyl (C=O) groups excluding carboxylic acids is 1. The molecule has 2 aromatic carbocycles. The minimum atomic E-state index is -1.08. The summed E-state index contributed by atoms with van der Waals surface area (Å²) in [6.45, 7) is 2.48. The highest BCUT2D eigenvalue weighted by Crippen LogP contribution is 2.45. The minimum Gasteiger partial charge on any atom is -0.461 e. The van der Waals surface area contributed by atoms with Crippen LogP contribution in [-0.4, -0.2) is 42.8 Å². The molecule has 0 amide bonds. The first-order valence-corrected chi connectivity index (χ1v) is 12.6. The molecule has 0 saturated heterocycles. The first kappa shape index (κ1) is 25.0. The number of carbonyl (C=O) groups is 1. The molecular weight excluding hydrogens is 459 g/mol. The van der Waals surface area contributed by atoms with Crippen LogP contribution < -0.4 is 9.64 Å². The van der Waals surface area contributed by atoms with Crippen LogP contribution in [-0.2, 0) is 9.53 Å². The van der Waals surface area contributed by atoms with E-state index < -0.39 is 11.8 Å². The summed E-state index contributed by atoms with van der Waals surface area (Å²) in [6.07, 6.45) is 9.82. The van der Waals surface area contributed by atoms with Gasteiger partial charge in [-0.3, -0.25) is 0 Å². The molecule has 1 atom stereocenters. The maximum absolute atomic E-state index is 14.0. The number of nitrogens with zero attached hydrogens (tertiary/aromatic N) is 2. The average molecular weight is 487 g/mol. The van der Waals surface area contributed by atoms with Gasteiger partial charge < -0.3 is 14.4 Å². The fraction of sp³-hybridized carbons (Fsp3) is 0.320. The Morgan fingerprint density at radius 1 is 1.36 bits per heavy atom. The SMILES string of the molecule is C#CCCC1CN(c2ccccc2)c2cc(SC)c(O/C=C(\F)C(=O)OCC)cc2SN1C. The zero-order valence-corrected chi connectivity index (χ0v) is 20.5. The van der Waals surface area contributed by atoms with Gasteiger partial charge in [0.15, 0.2) is 0 Å². The summed E-state index contributed by atoms with van der Waals surface area (Å²) < 4.78 is 26.5. The summed E-state index contributed by atoms with van der Waals surface area (Å²) in [5, 5.41) is 0. The number of hydrogen-bond donors (Lipinski definition) is 0. The molecule has 1 heterocycles. The molecule has 0 radical (unpaired) electrons. The molecule has 8 heteroatoms. The lowest BCUT2D eigenvalue weighted by atomic mass is 10.1. The second-order valence-corrected chi connectivity index (χ2v) is 9.30. The molecule has 33 heavy (non-hydrogen) atoms. The molecule has 174 valence electrons. The Morgan fingerprint density at radius 3 is 2.79 bits per heavy atom. The van der Waals surface area contributed by atoms with Crippen LogP contribution in [0.3, 0.4) is 0 Å². The molecule has 0 bridgehead atoms. The third-order valence-electron chi connectivity index (χ3n) is 5.14. The summed E-state index contributed by atoms with van der Waals surface area (Å²) in [5.74, 6) is 1.09. The number of halogens is 1. The lowest BCUT2D eigenvalue weighted by Crippen LogP contribution is -2.35. The molecule has 2 aromatic rings. The molecule has 3 rings (SSSR count). The Labute approximate surface area is 203 Å². The van der Waals surface area contributed by atoms with E-state index in [1.807, 2.05) is 43.6 Å². The van der Waals surface area contributed by atoms with Gasteiger partial charge in [0.05, 0.1) is 22.1 Å². The van der Waals surface area contributed by atoms with E-state index in [1.54, 1.807) is 18.9 Å². The number of anilines is 2. The Bertz CT molecular complexity index is 1040. The van der Waals surface area contributed by atoms with Crippen molar-refractivity contribution in [3.8, 4) is 18.1 Å². The number of rotatable bonds is 8. The summed E-state index contributed by atoms with van der Waals surface area (Å²) in [6, 6.07) is 14.3. The number of ether oxygens (including phenoxy) is 2. The van der Waals surface area contributed by atoms with Crippen molar-refractivity contribution in [3.63, 3.8) is 0 Å². The predicted molar refractivity (Wildman–Crippen MR) is 134 cm³/mol. The first-order chi connectivity index (χ1) is 16.0. The maximum atomic E-state index is 14.0. The summed E-state index contributed by atoms with van der Waals surface area (Å²) >= 11 is 3.09. The van der Waals surface area contributed by atoms with Gasteiger partial charge in [-0.1, -0.05) is 18.2 Å². The van der Waals surface area contributed by atoms with E-state index in [0.717, 1.165) is 40.4 Å². The largest absolute Gasteiger partial charge is 0.461 e. The Balaban J connectivity index is 2.02. The first-order valence-electron chi connectivity index (χ1n) is 10.6. The van der Waals surface area contributed by atoms with Crippen molar-refractivity contribution in [1.29, 1.82) is 0 Å². The number of esters is 1. The van der Waals surface area contributed by atoms with Crippen molar-refractivity contribution in [1.82, 2.24) is 4.31 Å². The molecular formula is C25H27FN2O3S2. The number of para-hydroxylation sites is 1. The highest BCUT2D eigenvalue weighted by Gasteiger charge is 2.28. The predicted octanol–water partition coefficient (Wildman–Crippen LogP) is 6.03. The number of fused-ring (bicyclic) bond motifs is 1. The second-order valence-electron chi connectivity index (χ2n) is 7.26. The van der Waals surface area contributed by atoms with E-state index >= 15 is 0 Å². The van der Waals surface area contributed by atoms with Crippen LogP contribution in [0.2, 0.25) is 0 Å². The third-order valence-corrected chi connectivity index (χ3v) is 7.00. The fourth-order valence-corrected chi connectivity index (χ4v) is 5.05. The van der Waals surface area contributed by atoms with Crippen molar-refractivity contribution in [3.05, 3.63) is 54.6 Å². The van der Waals surface area contributed by atoms with E-state index in [0.29, 0.717) is 12.2 Å². The second kappa shape index (κ2) is 12.0. The van der Waals surface area contributed by atoms with Gasteiger partial charge in [0, 0.05) is 24.7 Å². The van der Waals surface area contributed by atoms with Gasteiger partial charge in [0.25, 0.3) is 0 Å². The molecule has 0 aromatic heterocycles. The van der Waals surface area contributed by atoms with Crippen LogP contribution >= 0.6 is 23.7 Å². The molecule has 0 saturated carbocycles. The maximum Gasteiger partial charge on any atom is 0.370 e. The van der Waals surface area contributed by atoms with Crippen LogP contribution in [0.25, 0.3) is 0 Å². The quantitative estimate of drug-likeness (QED) is 0.113. The topological polar surface area (TPSA) is 42.0 Å². The molecule has 0 aliphatic carbocycles. The van der Waals surface area contributed by atoms with Crippen molar-refractivity contribution in [2.45, 2.75) is 35.6 Å². The summed E-state index contributed by atoms with van der Waals surface area (Å²) in [4.78, 5) is 15.7. The third kappa shape index (κ3) is 6.26. The van der Waals surface area contributed by atoms with Gasteiger partial charge in [-0.2, -0.15) is 4.39 Å². The smallest absolute Gasteiger partial charge is 0.370 e. The van der Waals surface area contributed by atoms with Crippen LogP contribution in [0.5, 0.6) is 5.75 Å². The molecule has 1 aliphatic rings. The molecule has 5 nitrogen and oxygen atoms in total. The van der Waals surface area contributed by atoms with Crippen LogP contribution in [0.15, 0.2) is 64.3 Å². The lowest BCUT2D eigenvalue weighted by Gasteiger charge is -2.29. The van der Waals surface area contributed by atoms with Gasteiger partial charge in [-0.15, -0.1) is 24.1 Å². The van der Waals surface area contributed by atoms with Gasteiger partial charge in [-0.25, -0.2) is 9.10 Å². The van der Waals surface area contributed by atoms with Gasteiger partial charge in [0.2, 0.25) is 5.83 Å². The Hall–Kier alpha value is -2.60. The summed E-state index contributed by atoms with van der Waals surface area (Å²) in [7, 11) is 2.05. The number of thioether (sulfide) groups is 1. The van der Waals surface area contributed by atoms with E-state index in [4.69, 9.17) is 11.2 Å². The van der Waals surface area contributed by atoms with E-state index in [-0.39, 0.29) is 12.6 Å². The van der Waals surface area contributed by atoms with E-state index in [9.17, 15) is 9.18 Å². The Kier molecular flexibility index (Phi) is 9.12. The summed E-state index contributed by atoms with van der Waals surface area (Å²) in [5.41, 5.74) is 2.11. The number of hydrogen-bond acceptors (Lipinski definition) is 7. The highest BCUT2D eigenvalue weighted by molar-refractivity contribution is 7.98. The van der Waals surface area contributed by atoms with Crippen molar-refractivity contribution >= 4 is 41.1 Å². The Morgan fingerprint density at radius 2 is 2.12 bits per heavy atom. The molecule has 0 N–H and O–H groups in total. The lowest BCUT2D eigenvalue weighted by molar-refractivity contribution is -0.140. The van der Waals surface area contributed by atoms with Gasteiger partial charge in [0.1, 0.15) is 12.0 Å². The van der Waals surface area contributed by atoms with Crippen molar-refractivity contribution in [2.75, 3.05) is 31.4 Å². The van der Waals surface area contributed by atoms with Crippen molar-refractivity contribution < 1.29 is 18.7 Å². The molecule has 1 unspecified atom stereocenters. The van der Waals surface area contributed by atoms with Crippen LogP contribution in [0.4, 0.5) is 15.8 Å². The zero-order chi connectivity index (χ0) is 23.8. The fourth-order valence-electron chi connectivity index (χ4n) is 3.46. The van der Waals surface area contributed by atoms with Crippen LogP contribution in [0.1, 0.15) is 19.8 Å². The molecule has 0 fully saturated rings. The zero-order valence-electron chi connectivity index (χ0n) is 18.9. The number of likely N-dealkylation sites (N-methyl/N-ethyl adjacent to an activating group) is 1. The number of terminal acetylenes is 1. The van der Waals surface area contributed by atoms with E-state index in [2.05, 4.69) is 32.0 Å². The van der Waals surface area contributed by atoms with Crippen LogP contribution in [0, 0.1) is 12.3 Å². The highest BCUT2D eigenvalue weighted by atomic mass is 32.2. The molecule has 1 aliphatic heterocycles. The standard InChI is InChI=1S/C25H27FN2O3S2/c1-5-7-11-19-16-28(18-12-9-8-10-13-18)21-14-24(32-4)22(15-23(21)33-27(19)3)31-17-20(26)25(29)30-6-2/h1,8-10,12-15,17,19H,6-7,11,16H2,2-4H3/b20-17-. The number of benzene rings is 2. The monoisotopic (exact) mass is 486 g/mol. The average Bonchev–Trinajstić information content (AvgIpc) is 2.96. The van der Waals surface area contributed by atoms with E-state index in [1.165, 1.54) is 11.8 Å². The van der Waals surface area contributed by atoms with Gasteiger partial charge in [-0.05, 0) is 62.9 Å². The van der Waals surface area contributed by atoms with Gasteiger partial charge >= 0.3 is 5.97 Å².